The van der Waals surface area contributed by atoms with E-state index in [1.54, 1.807) is 0 Å². The molecule has 1 N–H and O–H groups in total. The lowest BCUT2D eigenvalue weighted by atomic mass is 9.81. The molecule has 4 unspecified atom stereocenters. The second kappa shape index (κ2) is 2.46. The fourth-order valence-corrected chi connectivity index (χ4v) is 2.37. The highest BCUT2D eigenvalue weighted by molar-refractivity contribution is 4.95. The van der Waals surface area contributed by atoms with E-state index in [2.05, 4.69) is 13.8 Å². The topological polar surface area (TPSA) is 29.5 Å². The van der Waals surface area contributed by atoms with Gasteiger partial charge in [0.1, 0.15) is 0 Å². The molecule has 0 aromatic carbocycles. The van der Waals surface area contributed by atoms with Crippen LogP contribution in [0, 0.1) is 11.8 Å². The molecule has 0 aliphatic carbocycles. The van der Waals surface area contributed by atoms with Crippen molar-refractivity contribution in [1.29, 1.82) is 0 Å². The van der Waals surface area contributed by atoms with Crippen molar-refractivity contribution in [2.24, 2.45) is 11.8 Å². The largest absolute Gasteiger partial charge is 0.390 e. The van der Waals surface area contributed by atoms with Gasteiger partial charge in [0.25, 0.3) is 0 Å². The molecular weight excluding hydrogens is 140 g/mol. The molecule has 2 aliphatic heterocycles. The van der Waals surface area contributed by atoms with E-state index in [1.165, 1.54) is 0 Å². The Hall–Kier alpha value is -0.0800. The number of ether oxygens (including phenoxy) is 1. The second-order valence-corrected chi connectivity index (χ2v) is 4.16. The first-order valence-corrected chi connectivity index (χ1v) is 4.52. The number of aliphatic hydroxyl groups excluding tert-OH is 1. The van der Waals surface area contributed by atoms with Crippen LogP contribution in [0.3, 0.4) is 0 Å². The minimum absolute atomic E-state index is 0.160. The number of hydrogen-bond acceptors (Lipinski definition) is 2. The summed E-state index contributed by atoms with van der Waals surface area (Å²) in [6, 6.07) is 0. The van der Waals surface area contributed by atoms with Crippen molar-refractivity contribution in [3.8, 4) is 0 Å². The van der Waals surface area contributed by atoms with E-state index in [1.807, 2.05) is 0 Å². The zero-order valence-corrected chi connectivity index (χ0v) is 7.16. The van der Waals surface area contributed by atoms with Crippen molar-refractivity contribution >= 4 is 0 Å². The van der Waals surface area contributed by atoms with E-state index in [-0.39, 0.29) is 12.2 Å². The van der Waals surface area contributed by atoms with E-state index in [0.29, 0.717) is 17.9 Å². The molecule has 0 saturated carbocycles. The van der Waals surface area contributed by atoms with Crippen LogP contribution < -0.4 is 0 Å². The average molecular weight is 156 g/mol. The molecule has 2 rings (SSSR count). The summed E-state index contributed by atoms with van der Waals surface area (Å²) in [5.74, 6) is 1.40. The van der Waals surface area contributed by atoms with Gasteiger partial charge in [0.15, 0.2) is 0 Å². The van der Waals surface area contributed by atoms with Crippen LogP contribution in [0.25, 0.3) is 0 Å². The Labute approximate surface area is 67.6 Å². The van der Waals surface area contributed by atoms with Gasteiger partial charge < -0.3 is 9.84 Å². The first kappa shape index (κ1) is 7.56. The molecule has 2 saturated heterocycles. The molecule has 64 valence electrons. The highest BCUT2D eigenvalue weighted by Crippen LogP contribution is 2.42. The summed E-state index contributed by atoms with van der Waals surface area (Å²) in [4.78, 5) is 0. The highest BCUT2D eigenvalue weighted by atomic mass is 16.5. The number of hydrogen-bond donors (Lipinski definition) is 1. The van der Waals surface area contributed by atoms with Crippen LogP contribution in [-0.2, 0) is 4.74 Å². The van der Waals surface area contributed by atoms with Crippen LogP contribution in [0.2, 0.25) is 0 Å². The molecule has 2 nitrogen and oxygen atoms in total. The molecule has 0 spiro atoms. The maximum Gasteiger partial charge on any atom is 0.0842 e. The van der Waals surface area contributed by atoms with Gasteiger partial charge in [0.05, 0.1) is 18.3 Å². The van der Waals surface area contributed by atoms with E-state index in [0.717, 1.165) is 12.8 Å². The van der Waals surface area contributed by atoms with Crippen LogP contribution in [0.5, 0.6) is 0 Å². The van der Waals surface area contributed by atoms with Crippen LogP contribution in [0.4, 0.5) is 0 Å². The molecule has 2 heteroatoms. The van der Waals surface area contributed by atoms with Crippen molar-refractivity contribution in [2.45, 2.75) is 45.0 Å². The summed E-state index contributed by atoms with van der Waals surface area (Å²) in [5, 5.41) is 9.39. The minimum Gasteiger partial charge on any atom is -0.390 e. The highest BCUT2D eigenvalue weighted by Gasteiger charge is 2.47. The van der Waals surface area contributed by atoms with Crippen LogP contribution in [0.1, 0.15) is 26.7 Å². The number of aliphatic hydroxyl groups is 1. The molecule has 2 fully saturated rings. The zero-order chi connectivity index (χ0) is 8.01. The average Bonchev–Trinajstić information content (AvgIpc) is 2.43. The lowest BCUT2D eigenvalue weighted by molar-refractivity contribution is 0.0522. The molecule has 2 bridgehead atoms. The summed E-state index contributed by atoms with van der Waals surface area (Å²) in [5.41, 5.74) is 0. The molecule has 4 atom stereocenters. The van der Waals surface area contributed by atoms with Gasteiger partial charge in [-0.05, 0) is 18.3 Å². The Kier molecular flexibility index (Phi) is 1.69. The summed E-state index contributed by atoms with van der Waals surface area (Å²) in [7, 11) is 0. The third kappa shape index (κ3) is 1.09. The third-order valence-electron chi connectivity index (χ3n) is 3.09. The predicted octanol–water partition coefficient (Wildman–Crippen LogP) is 1.18. The maximum absolute atomic E-state index is 9.39. The Morgan fingerprint density at radius 1 is 1.27 bits per heavy atom. The van der Waals surface area contributed by atoms with Gasteiger partial charge in [0, 0.05) is 6.42 Å². The zero-order valence-electron chi connectivity index (χ0n) is 7.16. The van der Waals surface area contributed by atoms with E-state index in [4.69, 9.17) is 4.74 Å². The van der Waals surface area contributed by atoms with Gasteiger partial charge >= 0.3 is 0 Å². The Balaban J connectivity index is 2.02. The normalized spacial score (nSPS) is 49.1. The molecular formula is C9H16O2. The van der Waals surface area contributed by atoms with Crippen molar-refractivity contribution < 1.29 is 9.84 Å². The van der Waals surface area contributed by atoms with Crippen molar-refractivity contribution in [3.63, 3.8) is 0 Å². The lowest BCUT2D eigenvalue weighted by Gasteiger charge is -2.24. The lowest BCUT2D eigenvalue weighted by Crippen LogP contribution is -2.29. The SMILES string of the molecule is CC(C)C1CC2OC1CC2O. The van der Waals surface area contributed by atoms with Crippen LogP contribution in [0.15, 0.2) is 0 Å². The van der Waals surface area contributed by atoms with Gasteiger partial charge in [-0.1, -0.05) is 13.8 Å². The van der Waals surface area contributed by atoms with Gasteiger partial charge in [-0.15, -0.1) is 0 Å². The van der Waals surface area contributed by atoms with Gasteiger partial charge in [-0.25, -0.2) is 0 Å². The van der Waals surface area contributed by atoms with Crippen molar-refractivity contribution in [1.82, 2.24) is 0 Å². The Morgan fingerprint density at radius 2 is 2.00 bits per heavy atom. The molecule has 0 aromatic rings. The van der Waals surface area contributed by atoms with E-state index >= 15 is 0 Å². The van der Waals surface area contributed by atoms with Crippen LogP contribution in [-0.4, -0.2) is 23.4 Å². The first-order valence-electron chi connectivity index (χ1n) is 4.52. The smallest absolute Gasteiger partial charge is 0.0842 e. The molecule has 2 aliphatic rings. The van der Waals surface area contributed by atoms with Gasteiger partial charge in [-0.3, -0.25) is 0 Å². The minimum atomic E-state index is -0.171. The molecule has 2 heterocycles. The molecule has 11 heavy (non-hydrogen) atoms. The Morgan fingerprint density at radius 3 is 2.36 bits per heavy atom. The molecule has 0 aromatic heterocycles. The summed E-state index contributed by atoms with van der Waals surface area (Å²) in [6.45, 7) is 4.47. The van der Waals surface area contributed by atoms with E-state index in [9.17, 15) is 5.11 Å². The van der Waals surface area contributed by atoms with Crippen LogP contribution >= 0.6 is 0 Å². The molecule has 0 radical (unpaired) electrons. The van der Waals surface area contributed by atoms with E-state index < -0.39 is 0 Å². The first-order chi connectivity index (χ1) is 5.18. The quantitative estimate of drug-likeness (QED) is 0.617. The standard InChI is InChI=1S/C9H16O2/c1-5(2)6-3-9-7(10)4-8(6)11-9/h5-10H,3-4H2,1-2H3. The molecule has 0 amide bonds. The monoisotopic (exact) mass is 156 g/mol. The summed E-state index contributed by atoms with van der Waals surface area (Å²) >= 11 is 0. The van der Waals surface area contributed by atoms with Crippen molar-refractivity contribution in [2.75, 3.05) is 0 Å². The summed E-state index contributed by atoms with van der Waals surface area (Å²) in [6.07, 6.45) is 2.29. The van der Waals surface area contributed by atoms with Gasteiger partial charge in [-0.2, -0.15) is 0 Å². The number of rotatable bonds is 1. The summed E-state index contributed by atoms with van der Waals surface area (Å²) < 4.78 is 5.61. The second-order valence-electron chi connectivity index (χ2n) is 4.16. The third-order valence-corrected chi connectivity index (χ3v) is 3.09. The maximum atomic E-state index is 9.39. The predicted molar refractivity (Wildman–Crippen MR) is 42.2 cm³/mol. The van der Waals surface area contributed by atoms with Gasteiger partial charge in [0.2, 0.25) is 0 Å². The fourth-order valence-electron chi connectivity index (χ4n) is 2.37. The Bertz CT molecular complexity index is 154. The van der Waals surface area contributed by atoms with Crippen molar-refractivity contribution in [3.05, 3.63) is 0 Å². The fraction of sp³-hybridized carbons (Fsp3) is 1.00. The number of fused-ring (bicyclic) bond motifs is 2.